The molecule has 0 radical (unpaired) electrons. The maximum atomic E-state index is 5.78. The summed E-state index contributed by atoms with van der Waals surface area (Å²) in [7, 11) is 0. The molecule has 1 saturated heterocycles. The summed E-state index contributed by atoms with van der Waals surface area (Å²) in [4.78, 5) is 4.34. The zero-order valence-electron chi connectivity index (χ0n) is 11.4. The molecule has 0 saturated carbocycles. The van der Waals surface area contributed by atoms with Crippen LogP contribution in [0.1, 0.15) is 32.4 Å². The highest BCUT2D eigenvalue weighted by molar-refractivity contribution is 5.03. The van der Waals surface area contributed by atoms with Gasteiger partial charge in [0.2, 0.25) is 0 Å². The quantitative estimate of drug-likeness (QED) is 0.869. The van der Waals surface area contributed by atoms with Gasteiger partial charge in [0.1, 0.15) is 0 Å². The van der Waals surface area contributed by atoms with Crippen LogP contribution in [0.5, 0.6) is 0 Å². The predicted molar refractivity (Wildman–Crippen MR) is 73.5 cm³/mol. The SMILES string of the molecule is CC(C)C1CC(NCCc2ccccn2)CCO1. The third kappa shape index (κ3) is 4.07. The van der Waals surface area contributed by atoms with Crippen LogP contribution in [0, 0.1) is 5.92 Å². The molecule has 2 unspecified atom stereocenters. The topological polar surface area (TPSA) is 34.2 Å². The Morgan fingerprint density at radius 3 is 3.06 bits per heavy atom. The zero-order valence-corrected chi connectivity index (χ0v) is 11.4. The van der Waals surface area contributed by atoms with E-state index in [1.807, 2.05) is 18.3 Å². The Hall–Kier alpha value is -0.930. The highest BCUT2D eigenvalue weighted by atomic mass is 16.5. The summed E-state index contributed by atoms with van der Waals surface area (Å²) in [5.74, 6) is 0.616. The van der Waals surface area contributed by atoms with E-state index < -0.39 is 0 Å². The Morgan fingerprint density at radius 1 is 1.44 bits per heavy atom. The molecule has 1 aromatic rings. The van der Waals surface area contributed by atoms with E-state index in [0.29, 0.717) is 18.1 Å². The lowest BCUT2D eigenvalue weighted by atomic mass is 9.95. The van der Waals surface area contributed by atoms with Gasteiger partial charge in [-0.2, -0.15) is 0 Å². The molecule has 100 valence electrons. The summed E-state index contributed by atoms with van der Waals surface area (Å²) in [6, 6.07) is 6.70. The highest BCUT2D eigenvalue weighted by Crippen LogP contribution is 2.20. The fourth-order valence-electron chi connectivity index (χ4n) is 2.43. The van der Waals surface area contributed by atoms with Crippen LogP contribution in [-0.2, 0) is 11.2 Å². The number of hydrogen-bond acceptors (Lipinski definition) is 3. The number of hydrogen-bond donors (Lipinski definition) is 1. The van der Waals surface area contributed by atoms with E-state index in [1.54, 1.807) is 0 Å². The second-order valence-corrected chi connectivity index (χ2v) is 5.40. The van der Waals surface area contributed by atoms with Crippen molar-refractivity contribution < 1.29 is 4.74 Å². The monoisotopic (exact) mass is 248 g/mol. The first-order chi connectivity index (χ1) is 8.75. The van der Waals surface area contributed by atoms with Crippen LogP contribution >= 0.6 is 0 Å². The maximum Gasteiger partial charge on any atom is 0.0612 e. The van der Waals surface area contributed by atoms with E-state index in [1.165, 1.54) is 0 Å². The van der Waals surface area contributed by atoms with Crippen molar-refractivity contribution in [1.29, 1.82) is 0 Å². The maximum absolute atomic E-state index is 5.78. The summed E-state index contributed by atoms with van der Waals surface area (Å²) in [5, 5.41) is 3.63. The third-order valence-electron chi connectivity index (χ3n) is 3.60. The van der Waals surface area contributed by atoms with Crippen molar-refractivity contribution in [3.05, 3.63) is 30.1 Å². The standard InChI is InChI=1S/C15H24N2O/c1-12(2)15-11-14(7-10-18-15)17-9-6-13-5-3-4-8-16-13/h3-5,8,12,14-15,17H,6-7,9-11H2,1-2H3. The van der Waals surface area contributed by atoms with E-state index in [-0.39, 0.29) is 0 Å². The number of nitrogens with one attached hydrogen (secondary N) is 1. The minimum absolute atomic E-state index is 0.422. The van der Waals surface area contributed by atoms with Gasteiger partial charge in [0.05, 0.1) is 6.10 Å². The number of ether oxygens (including phenoxy) is 1. The van der Waals surface area contributed by atoms with Gasteiger partial charge in [-0.05, 0) is 30.9 Å². The van der Waals surface area contributed by atoms with Crippen molar-refractivity contribution >= 4 is 0 Å². The second kappa shape index (κ2) is 6.86. The molecule has 2 heterocycles. The van der Waals surface area contributed by atoms with Gasteiger partial charge in [-0.1, -0.05) is 19.9 Å². The van der Waals surface area contributed by atoms with Crippen molar-refractivity contribution in [2.24, 2.45) is 5.92 Å². The minimum Gasteiger partial charge on any atom is -0.378 e. The molecule has 2 atom stereocenters. The number of nitrogens with zero attached hydrogens (tertiary/aromatic N) is 1. The van der Waals surface area contributed by atoms with Crippen molar-refractivity contribution in [3.63, 3.8) is 0 Å². The molecule has 1 aliphatic heterocycles. The van der Waals surface area contributed by atoms with E-state index in [2.05, 4.69) is 30.2 Å². The van der Waals surface area contributed by atoms with Crippen molar-refractivity contribution in [3.8, 4) is 0 Å². The molecule has 18 heavy (non-hydrogen) atoms. The Bertz CT molecular complexity index is 340. The van der Waals surface area contributed by atoms with Gasteiger partial charge in [-0.25, -0.2) is 0 Å². The van der Waals surface area contributed by atoms with Crippen LogP contribution in [0.25, 0.3) is 0 Å². The van der Waals surface area contributed by atoms with Crippen molar-refractivity contribution in [2.75, 3.05) is 13.2 Å². The number of pyridine rings is 1. The molecule has 0 aromatic carbocycles. The van der Waals surface area contributed by atoms with Crippen molar-refractivity contribution in [1.82, 2.24) is 10.3 Å². The van der Waals surface area contributed by atoms with Gasteiger partial charge in [0, 0.05) is 37.5 Å². The smallest absolute Gasteiger partial charge is 0.0612 e. The Balaban J connectivity index is 1.70. The summed E-state index contributed by atoms with van der Waals surface area (Å²) in [6.45, 7) is 6.37. The summed E-state index contributed by atoms with van der Waals surface area (Å²) < 4.78 is 5.78. The molecular formula is C15H24N2O. The van der Waals surface area contributed by atoms with E-state index in [4.69, 9.17) is 4.74 Å². The summed E-state index contributed by atoms with van der Waals surface area (Å²) >= 11 is 0. The van der Waals surface area contributed by atoms with Gasteiger partial charge < -0.3 is 10.1 Å². The first kappa shape index (κ1) is 13.5. The van der Waals surface area contributed by atoms with Crippen molar-refractivity contribution in [2.45, 2.75) is 45.3 Å². The number of aromatic nitrogens is 1. The predicted octanol–water partition coefficient (Wildman–Crippen LogP) is 2.42. The largest absolute Gasteiger partial charge is 0.378 e. The van der Waals surface area contributed by atoms with Crippen LogP contribution in [0.4, 0.5) is 0 Å². The fourth-order valence-corrected chi connectivity index (χ4v) is 2.43. The molecule has 1 aliphatic rings. The Kier molecular flexibility index (Phi) is 5.14. The van der Waals surface area contributed by atoms with Gasteiger partial charge in [0.15, 0.2) is 0 Å². The molecular weight excluding hydrogens is 224 g/mol. The average molecular weight is 248 g/mol. The van der Waals surface area contributed by atoms with Crippen LogP contribution < -0.4 is 5.32 Å². The fraction of sp³-hybridized carbons (Fsp3) is 0.667. The van der Waals surface area contributed by atoms with Gasteiger partial charge in [-0.3, -0.25) is 4.98 Å². The lowest BCUT2D eigenvalue weighted by Gasteiger charge is -2.32. The highest BCUT2D eigenvalue weighted by Gasteiger charge is 2.24. The Morgan fingerprint density at radius 2 is 2.33 bits per heavy atom. The molecule has 3 nitrogen and oxygen atoms in total. The molecule has 0 spiro atoms. The molecule has 1 N–H and O–H groups in total. The Labute approximate surface area is 110 Å². The van der Waals surface area contributed by atoms with Gasteiger partial charge >= 0.3 is 0 Å². The van der Waals surface area contributed by atoms with Crippen LogP contribution in [0.15, 0.2) is 24.4 Å². The van der Waals surface area contributed by atoms with Crippen LogP contribution in [-0.4, -0.2) is 30.3 Å². The minimum atomic E-state index is 0.422. The normalized spacial score (nSPS) is 24.4. The molecule has 2 rings (SSSR count). The van der Waals surface area contributed by atoms with Gasteiger partial charge in [-0.15, -0.1) is 0 Å². The first-order valence-electron chi connectivity index (χ1n) is 7.00. The average Bonchev–Trinajstić information content (AvgIpc) is 2.40. The molecule has 0 amide bonds. The van der Waals surface area contributed by atoms with Crippen LogP contribution in [0.2, 0.25) is 0 Å². The first-order valence-corrected chi connectivity index (χ1v) is 7.00. The van der Waals surface area contributed by atoms with E-state index in [9.17, 15) is 0 Å². The number of rotatable bonds is 5. The second-order valence-electron chi connectivity index (χ2n) is 5.40. The van der Waals surface area contributed by atoms with Crippen LogP contribution in [0.3, 0.4) is 0 Å². The van der Waals surface area contributed by atoms with E-state index in [0.717, 1.165) is 38.1 Å². The summed E-state index contributed by atoms with van der Waals surface area (Å²) in [6.07, 6.45) is 5.56. The van der Waals surface area contributed by atoms with Gasteiger partial charge in [0.25, 0.3) is 0 Å². The molecule has 1 fully saturated rings. The molecule has 0 aliphatic carbocycles. The zero-order chi connectivity index (χ0) is 12.8. The lowest BCUT2D eigenvalue weighted by molar-refractivity contribution is -0.0242. The third-order valence-corrected chi connectivity index (χ3v) is 3.60. The molecule has 1 aromatic heterocycles. The lowest BCUT2D eigenvalue weighted by Crippen LogP contribution is -2.41. The molecule has 3 heteroatoms. The van der Waals surface area contributed by atoms with E-state index >= 15 is 0 Å². The molecule has 0 bridgehead atoms. The summed E-state index contributed by atoms with van der Waals surface area (Å²) in [5.41, 5.74) is 1.16.